The van der Waals surface area contributed by atoms with Crippen molar-refractivity contribution in [3.8, 4) is 0 Å². The predicted molar refractivity (Wildman–Crippen MR) is 192 cm³/mol. The highest BCUT2D eigenvalue weighted by Crippen LogP contribution is 2.47. The van der Waals surface area contributed by atoms with Crippen molar-refractivity contribution in [3.05, 3.63) is 0 Å². The lowest BCUT2D eigenvalue weighted by molar-refractivity contribution is 0.227. The molecule has 0 saturated carbocycles. The predicted octanol–water partition coefficient (Wildman–Crippen LogP) is 12.0. The summed E-state index contributed by atoms with van der Waals surface area (Å²) in [7, 11) is -8.82. The van der Waals surface area contributed by atoms with Gasteiger partial charge in [0.15, 0.2) is 33.3 Å². The average Bonchev–Trinajstić information content (AvgIpc) is 2.71. The quantitative estimate of drug-likeness (QED) is 0.109. The Bertz CT molecular complexity index is 662. The van der Waals surface area contributed by atoms with Gasteiger partial charge < -0.3 is 16.8 Å². The van der Waals surface area contributed by atoms with Gasteiger partial charge in [-0.05, 0) is 80.0 Å². The van der Waals surface area contributed by atoms with Crippen LogP contribution in [0.15, 0.2) is 0 Å². The summed E-state index contributed by atoms with van der Waals surface area (Å²) in [6, 6.07) is 2.24. The van der Waals surface area contributed by atoms with E-state index in [0.717, 1.165) is 12.5 Å². The summed E-state index contributed by atoms with van der Waals surface area (Å²) >= 11 is 0. The molecule has 0 unspecified atom stereocenters. The minimum absolute atomic E-state index is 0.111. The summed E-state index contributed by atoms with van der Waals surface area (Å²) in [6.45, 7) is 40.0. The molecule has 0 fully saturated rings. The van der Waals surface area contributed by atoms with E-state index in [9.17, 15) is 0 Å². The topological polar surface area (TPSA) is 36.9 Å². The first kappa shape index (κ1) is 40.9. The van der Waals surface area contributed by atoms with Crippen molar-refractivity contribution in [2.75, 3.05) is 7.11 Å². The zero-order valence-electron chi connectivity index (χ0n) is 30.7. The molecule has 0 radical (unpaired) electrons. The first-order chi connectivity index (χ1) is 17.6. The Labute approximate surface area is 258 Å². The van der Waals surface area contributed by atoms with Gasteiger partial charge >= 0.3 is 8.80 Å². The van der Waals surface area contributed by atoms with Crippen LogP contribution in [0.5, 0.6) is 0 Å². The summed E-state index contributed by atoms with van der Waals surface area (Å²) in [5, 5.41) is 0.333. The van der Waals surface area contributed by atoms with Crippen molar-refractivity contribution in [3.63, 3.8) is 0 Å². The van der Waals surface area contributed by atoms with E-state index in [4.69, 9.17) is 16.8 Å². The highest BCUT2D eigenvalue weighted by molar-refractivity contribution is 6.92. The van der Waals surface area contributed by atoms with E-state index in [1.807, 2.05) is 7.11 Å². The van der Waals surface area contributed by atoms with E-state index < -0.39 is 42.1 Å². The Morgan fingerprint density at radius 3 is 0.900 bits per heavy atom. The lowest BCUT2D eigenvalue weighted by Crippen LogP contribution is -2.65. The van der Waals surface area contributed by atoms with Gasteiger partial charge in [-0.1, -0.05) is 107 Å². The Balaban J connectivity index is 5.71. The highest BCUT2D eigenvalue weighted by atomic mass is 28.5. The van der Waals surface area contributed by atoms with E-state index in [1.165, 1.54) is 51.0 Å². The molecule has 0 amide bonds. The lowest BCUT2D eigenvalue weighted by atomic mass is 10.1. The second-order valence-electron chi connectivity index (χ2n) is 17.6. The van der Waals surface area contributed by atoms with Crippen LogP contribution < -0.4 is 0 Å². The molecule has 0 aromatic rings. The summed E-state index contributed by atoms with van der Waals surface area (Å²) in [6.07, 6.45) is 10.4. The molecule has 0 heterocycles. The minimum Gasteiger partial charge on any atom is -0.420 e. The molecule has 0 aliphatic carbocycles. The third-order valence-electron chi connectivity index (χ3n) is 10.2. The average molecular weight is 651 g/mol. The van der Waals surface area contributed by atoms with Crippen molar-refractivity contribution in [2.24, 2.45) is 0 Å². The van der Waals surface area contributed by atoms with Crippen LogP contribution in [0.3, 0.4) is 0 Å². The van der Waals surface area contributed by atoms with Crippen molar-refractivity contribution in [2.45, 2.75) is 193 Å². The fourth-order valence-corrected chi connectivity index (χ4v) is 21.7. The molecule has 0 spiro atoms. The zero-order chi connectivity index (χ0) is 31.9. The molecule has 0 atom stereocenters. The number of hydrogen-bond acceptors (Lipinski definition) is 4. The van der Waals surface area contributed by atoms with Crippen LogP contribution >= 0.6 is 0 Å². The van der Waals surface area contributed by atoms with Crippen LogP contribution in [-0.2, 0) is 16.8 Å². The fraction of sp³-hybridized carbons (Fsp3) is 1.00. The van der Waals surface area contributed by atoms with Gasteiger partial charge in [-0.2, -0.15) is 0 Å². The van der Waals surface area contributed by atoms with Crippen molar-refractivity contribution in [1.29, 1.82) is 0 Å². The Morgan fingerprint density at radius 1 is 0.400 bits per heavy atom. The smallest absolute Gasteiger partial charge is 0.420 e. The largest absolute Gasteiger partial charge is 0.469 e. The third kappa shape index (κ3) is 13.7. The van der Waals surface area contributed by atoms with Crippen molar-refractivity contribution >= 4 is 42.1 Å². The number of hydrogen-bond donors (Lipinski definition) is 0. The van der Waals surface area contributed by atoms with E-state index in [1.54, 1.807) is 0 Å². The monoisotopic (exact) mass is 650 g/mol. The van der Waals surface area contributed by atoms with E-state index in [0.29, 0.717) is 0 Å². The second kappa shape index (κ2) is 15.3. The molecule has 0 saturated heterocycles. The molecular formula is C31H74O4Si5. The Kier molecular flexibility index (Phi) is 15.6. The molecule has 0 aliphatic heterocycles. The van der Waals surface area contributed by atoms with Crippen molar-refractivity contribution in [1.82, 2.24) is 0 Å². The van der Waals surface area contributed by atoms with Gasteiger partial charge in [0.05, 0.1) is 0 Å². The lowest BCUT2D eigenvalue weighted by Gasteiger charge is -2.52. The van der Waals surface area contributed by atoms with Gasteiger partial charge in [0.25, 0.3) is 0 Å². The zero-order valence-corrected chi connectivity index (χ0v) is 35.7. The van der Waals surface area contributed by atoms with Crippen molar-refractivity contribution < 1.29 is 16.8 Å². The maximum absolute atomic E-state index is 7.46. The molecule has 0 N–H and O–H groups in total. The van der Waals surface area contributed by atoms with Gasteiger partial charge in [0, 0.05) is 13.2 Å². The molecule has 0 aliphatic rings. The number of unbranched alkanes of at least 4 members (excludes halogenated alkanes) is 7. The molecule has 9 heteroatoms. The van der Waals surface area contributed by atoms with E-state index in [2.05, 4.69) is 115 Å². The minimum atomic E-state index is -2.96. The van der Waals surface area contributed by atoms with Crippen LogP contribution in [0.4, 0.5) is 0 Å². The number of rotatable bonds is 18. The standard InChI is InChI=1S/C31H74O4Si5/c1-29(2,3)37(13,14)33-40(34-38(15,16)30(4,5)6,35-39(17,18)31(7,8)9)28-26-24-22-20-19-21-23-25-27-36(11,12)32-10/h19-28H2,1-18H3. The van der Waals surface area contributed by atoms with E-state index in [-0.39, 0.29) is 15.1 Å². The molecular weight excluding hydrogens is 577 g/mol. The summed E-state index contributed by atoms with van der Waals surface area (Å²) in [5.74, 6) is 0. The van der Waals surface area contributed by atoms with Crippen LogP contribution in [0.25, 0.3) is 0 Å². The van der Waals surface area contributed by atoms with Crippen LogP contribution in [0.2, 0.25) is 79.6 Å². The SMILES string of the molecule is CO[Si](C)(C)CCCCCCCCCC[Si](O[Si](C)(C)C(C)(C)C)(O[Si](C)(C)C(C)(C)C)O[Si](C)(C)C(C)(C)C. The summed E-state index contributed by atoms with van der Waals surface area (Å²) in [4.78, 5) is 0. The molecule has 0 rings (SSSR count). The summed E-state index contributed by atoms with van der Waals surface area (Å²) in [5.41, 5.74) is 0. The van der Waals surface area contributed by atoms with Crippen LogP contribution in [0.1, 0.15) is 114 Å². The van der Waals surface area contributed by atoms with Gasteiger partial charge in [0.1, 0.15) is 0 Å². The van der Waals surface area contributed by atoms with Gasteiger partial charge in [-0.3, -0.25) is 0 Å². The van der Waals surface area contributed by atoms with Crippen LogP contribution in [0, 0.1) is 0 Å². The molecule has 242 valence electrons. The fourth-order valence-electron chi connectivity index (χ4n) is 3.90. The Hall–Kier alpha value is 0.924. The van der Waals surface area contributed by atoms with Gasteiger partial charge in [-0.15, -0.1) is 0 Å². The van der Waals surface area contributed by atoms with Gasteiger partial charge in [0.2, 0.25) is 0 Å². The maximum Gasteiger partial charge on any atom is 0.469 e. The molecule has 0 bridgehead atoms. The van der Waals surface area contributed by atoms with Crippen LogP contribution in [-0.4, -0.2) is 49.2 Å². The first-order valence-electron chi connectivity index (χ1n) is 16.3. The van der Waals surface area contributed by atoms with E-state index >= 15 is 0 Å². The highest BCUT2D eigenvalue weighted by Gasteiger charge is 2.57. The normalized spacial score (nSPS) is 15.2. The van der Waals surface area contributed by atoms with Gasteiger partial charge in [-0.25, -0.2) is 0 Å². The molecule has 40 heavy (non-hydrogen) atoms. The summed E-state index contributed by atoms with van der Waals surface area (Å²) < 4.78 is 28.1. The second-order valence-corrected chi connectivity index (χ2v) is 39.9. The molecule has 0 aromatic carbocycles. The Morgan fingerprint density at radius 2 is 0.650 bits per heavy atom. The molecule has 0 aromatic heterocycles. The molecule has 4 nitrogen and oxygen atoms in total. The first-order valence-corrected chi connectivity index (χ1v) is 30.1. The maximum atomic E-state index is 7.46. The third-order valence-corrected chi connectivity index (χ3v) is 34.5.